The quantitative estimate of drug-likeness (QED) is 0.331. The van der Waals surface area contributed by atoms with Gasteiger partial charge in [0.1, 0.15) is 0 Å². The fourth-order valence-electron chi connectivity index (χ4n) is 3.74. The van der Waals surface area contributed by atoms with Crippen LogP contribution in [0.5, 0.6) is 0 Å². The topological polar surface area (TPSA) is 4.93 Å². The van der Waals surface area contributed by atoms with E-state index >= 15 is 0 Å². The molecule has 1 aromatic heterocycles. The minimum absolute atomic E-state index is 0.262. The van der Waals surface area contributed by atoms with Gasteiger partial charge in [-0.1, -0.05) is 60.7 Å². The van der Waals surface area contributed by atoms with Crippen LogP contribution < -0.4 is 0 Å². The van der Waals surface area contributed by atoms with Crippen molar-refractivity contribution < 1.29 is 8.78 Å². The minimum Gasteiger partial charge on any atom is -0.309 e. The molecule has 0 aliphatic heterocycles. The van der Waals surface area contributed by atoms with E-state index in [-0.39, 0.29) is 5.56 Å². The highest BCUT2D eigenvalue weighted by atomic mass is 19.2. The zero-order valence-electron chi connectivity index (χ0n) is 14.4. The van der Waals surface area contributed by atoms with Gasteiger partial charge in [0, 0.05) is 22.0 Å². The molecule has 0 unspecified atom stereocenters. The van der Waals surface area contributed by atoms with Gasteiger partial charge in [0.2, 0.25) is 0 Å². The number of nitrogens with zero attached hydrogens (tertiary/aromatic N) is 1. The van der Waals surface area contributed by atoms with Crippen molar-refractivity contribution in [1.29, 1.82) is 0 Å². The Kier molecular flexibility index (Phi) is 3.54. The number of fused-ring (bicyclic) bond motifs is 3. The summed E-state index contributed by atoms with van der Waals surface area (Å²) in [5, 5.41) is 2.32. The molecule has 4 aromatic carbocycles. The van der Waals surface area contributed by atoms with Crippen LogP contribution in [-0.2, 0) is 0 Å². The predicted molar refractivity (Wildman–Crippen MR) is 106 cm³/mol. The van der Waals surface area contributed by atoms with Crippen LogP contribution in [0.2, 0.25) is 0 Å². The molecule has 5 rings (SSSR count). The summed E-state index contributed by atoms with van der Waals surface area (Å²) in [4.78, 5) is 0. The summed E-state index contributed by atoms with van der Waals surface area (Å²) < 4.78 is 30.1. The standard InChI is InChI=1S/C24H15F2N/c25-21-12-6-11-18(24(21)26)16-7-5-8-17(15-16)27-22-13-3-1-9-19(22)20-10-2-4-14-23(20)27/h1-15H. The van der Waals surface area contributed by atoms with Gasteiger partial charge in [0.25, 0.3) is 0 Å². The summed E-state index contributed by atoms with van der Waals surface area (Å²) in [6.07, 6.45) is 0. The van der Waals surface area contributed by atoms with Gasteiger partial charge in [-0.3, -0.25) is 0 Å². The Hall–Kier alpha value is -3.46. The van der Waals surface area contributed by atoms with E-state index in [0.29, 0.717) is 5.56 Å². The van der Waals surface area contributed by atoms with Gasteiger partial charge in [-0.25, -0.2) is 8.78 Å². The molecule has 27 heavy (non-hydrogen) atoms. The first-order valence-corrected chi connectivity index (χ1v) is 8.77. The highest BCUT2D eigenvalue weighted by Gasteiger charge is 2.14. The Labute approximate surface area is 155 Å². The van der Waals surface area contributed by atoms with Crippen LogP contribution in [0.4, 0.5) is 8.78 Å². The first-order valence-electron chi connectivity index (χ1n) is 8.77. The average Bonchev–Trinajstić information content (AvgIpc) is 3.05. The van der Waals surface area contributed by atoms with Crippen molar-refractivity contribution >= 4 is 21.8 Å². The molecule has 1 nitrogen and oxygen atoms in total. The van der Waals surface area contributed by atoms with E-state index in [4.69, 9.17) is 0 Å². The van der Waals surface area contributed by atoms with Crippen LogP contribution in [-0.4, -0.2) is 4.57 Å². The van der Waals surface area contributed by atoms with Crippen LogP contribution >= 0.6 is 0 Å². The lowest BCUT2D eigenvalue weighted by molar-refractivity contribution is 0.511. The zero-order valence-corrected chi connectivity index (χ0v) is 14.4. The van der Waals surface area contributed by atoms with Gasteiger partial charge >= 0.3 is 0 Å². The fourth-order valence-corrected chi connectivity index (χ4v) is 3.74. The van der Waals surface area contributed by atoms with Gasteiger partial charge in [-0.2, -0.15) is 0 Å². The largest absolute Gasteiger partial charge is 0.309 e. The second-order valence-electron chi connectivity index (χ2n) is 6.52. The van der Waals surface area contributed by atoms with E-state index in [0.717, 1.165) is 33.6 Å². The molecule has 0 saturated carbocycles. The molecule has 0 atom stereocenters. The molecule has 0 radical (unpaired) electrons. The third kappa shape index (κ3) is 2.43. The Balaban J connectivity index is 1.80. The van der Waals surface area contributed by atoms with E-state index in [1.165, 1.54) is 6.07 Å². The second kappa shape index (κ2) is 6.06. The number of aromatic nitrogens is 1. The molecule has 0 spiro atoms. The van der Waals surface area contributed by atoms with Crippen molar-refractivity contribution in [2.24, 2.45) is 0 Å². The third-order valence-electron chi connectivity index (χ3n) is 4.95. The van der Waals surface area contributed by atoms with E-state index < -0.39 is 11.6 Å². The zero-order chi connectivity index (χ0) is 18.4. The number of para-hydroxylation sites is 2. The number of benzene rings is 4. The van der Waals surface area contributed by atoms with Gasteiger partial charge in [0.15, 0.2) is 11.6 Å². The van der Waals surface area contributed by atoms with Crippen molar-refractivity contribution in [2.75, 3.05) is 0 Å². The van der Waals surface area contributed by atoms with Crippen LogP contribution in [0.1, 0.15) is 0 Å². The molecule has 130 valence electrons. The highest BCUT2D eigenvalue weighted by molar-refractivity contribution is 6.09. The molecular weight excluding hydrogens is 340 g/mol. The summed E-state index contributed by atoms with van der Waals surface area (Å²) in [5.41, 5.74) is 3.98. The first kappa shape index (κ1) is 15.8. The molecule has 5 aromatic rings. The normalized spacial score (nSPS) is 11.3. The van der Waals surface area contributed by atoms with E-state index in [1.54, 1.807) is 12.1 Å². The molecule has 0 fully saturated rings. The van der Waals surface area contributed by atoms with Crippen molar-refractivity contribution in [3.63, 3.8) is 0 Å². The van der Waals surface area contributed by atoms with Crippen LogP contribution in [0.3, 0.4) is 0 Å². The Morgan fingerprint density at radius 3 is 1.93 bits per heavy atom. The molecule has 0 N–H and O–H groups in total. The molecule has 0 saturated heterocycles. The van der Waals surface area contributed by atoms with Crippen molar-refractivity contribution in [1.82, 2.24) is 4.57 Å². The smallest absolute Gasteiger partial charge is 0.166 e. The number of halogens is 2. The maximum absolute atomic E-state index is 14.3. The van der Waals surface area contributed by atoms with Crippen molar-refractivity contribution in [3.05, 3.63) is 103 Å². The Morgan fingerprint density at radius 1 is 0.593 bits per heavy atom. The molecule has 0 aliphatic rings. The van der Waals surface area contributed by atoms with Gasteiger partial charge in [-0.05, 0) is 35.9 Å². The number of hydrogen-bond donors (Lipinski definition) is 0. The summed E-state index contributed by atoms with van der Waals surface area (Å²) in [6.45, 7) is 0. The third-order valence-corrected chi connectivity index (χ3v) is 4.95. The molecular formula is C24H15F2N. The maximum Gasteiger partial charge on any atom is 0.166 e. The van der Waals surface area contributed by atoms with Gasteiger partial charge in [0.05, 0.1) is 11.0 Å². The van der Waals surface area contributed by atoms with Crippen LogP contribution in [0.15, 0.2) is 91.0 Å². The van der Waals surface area contributed by atoms with Crippen molar-refractivity contribution in [2.45, 2.75) is 0 Å². The summed E-state index contributed by atoms with van der Waals surface area (Å²) in [7, 11) is 0. The summed E-state index contributed by atoms with van der Waals surface area (Å²) >= 11 is 0. The SMILES string of the molecule is Fc1cccc(-c2cccc(-n3c4ccccc4c4ccccc43)c2)c1F. The number of rotatable bonds is 2. The lowest BCUT2D eigenvalue weighted by Crippen LogP contribution is -1.95. The lowest BCUT2D eigenvalue weighted by atomic mass is 10.0. The molecule has 0 bridgehead atoms. The van der Waals surface area contributed by atoms with Crippen molar-refractivity contribution in [3.8, 4) is 16.8 Å². The Morgan fingerprint density at radius 2 is 1.22 bits per heavy atom. The summed E-state index contributed by atoms with van der Waals surface area (Å²) in [5.74, 6) is -1.66. The van der Waals surface area contributed by atoms with Gasteiger partial charge < -0.3 is 4.57 Å². The first-order chi connectivity index (χ1) is 13.2. The monoisotopic (exact) mass is 355 g/mol. The highest BCUT2D eigenvalue weighted by Crippen LogP contribution is 2.33. The predicted octanol–water partition coefficient (Wildman–Crippen LogP) is 6.73. The number of hydrogen-bond acceptors (Lipinski definition) is 0. The Bertz CT molecular complexity index is 1250. The minimum atomic E-state index is -0.838. The van der Waals surface area contributed by atoms with Crippen LogP contribution in [0.25, 0.3) is 38.6 Å². The fraction of sp³-hybridized carbons (Fsp3) is 0. The van der Waals surface area contributed by atoms with Crippen LogP contribution in [0, 0.1) is 11.6 Å². The summed E-state index contributed by atoms with van der Waals surface area (Å²) in [6, 6.07) is 28.2. The van der Waals surface area contributed by atoms with E-state index in [1.807, 2.05) is 42.5 Å². The lowest BCUT2D eigenvalue weighted by Gasteiger charge is -2.11. The molecule has 1 heterocycles. The molecule has 0 amide bonds. The molecule has 0 aliphatic carbocycles. The van der Waals surface area contributed by atoms with E-state index in [9.17, 15) is 8.78 Å². The van der Waals surface area contributed by atoms with Gasteiger partial charge in [-0.15, -0.1) is 0 Å². The average molecular weight is 355 g/mol. The second-order valence-corrected chi connectivity index (χ2v) is 6.52. The van der Waals surface area contributed by atoms with E-state index in [2.05, 4.69) is 28.8 Å². The molecule has 3 heteroatoms. The maximum atomic E-state index is 14.3.